The lowest BCUT2D eigenvalue weighted by Gasteiger charge is -2.18. The van der Waals surface area contributed by atoms with Gasteiger partial charge in [0.25, 0.3) is 5.56 Å². The summed E-state index contributed by atoms with van der Waals surface area (Å²) in [5.41, 5.74) is -2.20. The van der Waals surface area contributed by atoms with Gasteiger partial charge >= 0.3 is 6.18 Å². The third-order valence-corrected chi connectivity index (χ3v) is 5.51. The monoisotopic (exact) mass is 492 g/mol. The molecule has 36 heavy (non-hydrogen) atoms. The zero-order valence-electron chi connectivity index (χ0n) is 18.6. The molecule has 0 N–H and O–H groups in total. The standard InChI is InChI=1S/C28H17F5N2O/c29-22-12-11-21(25(30)14-22)17-35-26(15-24(28(31,32)33)23(16-34)27(35)36)20-8-4-7-19(13-20)10-9-18-5-2-1-3-6-18/h1-15H,17H2/b10-9+. The van der Waals surface area contributed by atoms with E-state index in [1.165, 1.54) is 12.1 Å². The molecular formula is C28H17F5N2O. The molecular weight excluding hydrogens is 475 g/mol. The summed E-state index contributed by atoms with van der Waals surface area (Å²) in [7, 11) is 0. The molecule has 0 aliphatic carbocycles. The minimum Gasteiger partial charge on any atom is -0.303 e. The molecule has 0 unspecified atom stereocenters. The highest BCUT2D eigenvalue weighted by atomic mass is 19.4. The van der Waals surface area contributed by atoms with Crippen molar-refractivity contribution in [1.29, 1.82) is 5.26 Å². The predicted octanol–water partition coefficient (Wildman–Crippen LogP) is 6.90. The van der Waals surface area contributed by atoms with Crippen LogP contribution in [0.25, 0.3) is 23.4 Å². The van der Waals surface area contributed by atoms with Crippen molar-refractivity contribution in [3.05, 3.63) is 129 Å². The Morgan fingerprint density at radius 1 is 0.861 bits per heavy atom. The number of alkyl halides is 3. The molecule has 3 nitrogen and oxygen atoms in total. The molecule has 4 aromatic rings. The van der Waals surface area contributed by atoms with Crippen LogP contribution in [0.15, 0.2) is 83.7 Å². The molecule has 4 rings (SSSR count). The number of hydrogen-bond donors (Lipinski definition) is 0. The van der Waals surface area contributed by atoms with Crippen LogP contribution in [0.2, 0.25) is 0 Å². The first kappa shape index (κ1) is 24.6. The second-order valence-electron chi connectivity index (χ2n) is 7.92. The van der Waals surface area contributed by atoms with E-state index in [-0.39, 0.29) is 16.8 Å². The van der Waals surface area contributed by atoms with E-state index in [9.17, 15) is 32.0 Å². The predicted molar refractivity (Wildman–Crippen MR) is 127 cm³/mol. The van der Waals surface area contributed by atoms with E-state index in [0.29, 0.717) is 17.7 Å². The average Bonchev–Trinajstić information content (AvgIpc) is 2.85. The molecule has 0 saturated carbocycles. The zero-order valence-corrected chi connectivity index (χ0v) is 18.6. The fourth-order valence-corrected chi connectivity index (χ4v) is 3.75. The summed E-state index contributed by atoms with van der Waals surface area (Å²) in [4.78, 5) is 13.1. The number of hydrogen-bond acceptors (Lipinski definition) is 2. The SMILES string of the molecule is N#Cc1c(C(F)(F)F)cc(-c2cccc(/C=C/c3ccccc3)c2)n(Cc2ccc(F)cc2F)c1=O. The molecule has 0 aliphatic rings. The van der Waals surface area contributed by atoms with Gasteiger partial charge < -0.3 is 4.57 Å². The second kappa shape index (κ2) is 10.0. The van der Waals surface area contributed by atoms with Crippen molar-refractivity contribution in [2.75, 3.05) is 0 Å². The first-order valence-corrected chi connectivity index (χ1v) is 10.7. The van der Waals surface area contributed by atoms with E-state index in [1.807, 2.05) is 36.4 Å². The van der Waals surface area contributed by atoms with Gasteiger partial charge in [-0.05, 0) is 34.9 Å². The lowest BCUT2D eigenvalue weighted by molar-refractivity contribution is -0.137. The molecule has 8 heteroatoms. The summed E-state index contributed by atoms with van der Waals surface area (Å²) in [6, 6.07) is 20.5. The summed E-state index contributed by atoms with van der Waals surface area (Å²) >= 11 is 0. The van der Waals surface area contributed by atoms with Gasteiger partial charge in [0.05, 0.1) is 17.8 Å². The Morgan fingerprint density at radius 3 is 2.22 bits per heavy atom. The molecule has 0 bridgehead atoms. The van der Waals surface area contributed by atoms with Gasteiger partial charge in [-0.3, -0.25) is 4.79 Å². The maximum atomic E-state index is 14.4. The fourth-order valence-electron chi connectivity index (χ4n) is 3.75. The summed E-state index contributed by atoms with van der Waals surface area (Å²) in [6.45, 7) is -0.503. The van der Waals surface area contributed by atoms with E-state index in [1.54, 1.807) is 24.3 Å². The third-order valence-electron chi connectivity index (χ3n) is 5.51. The molecule has 3 aromatic carbocycles. The van der Waals surface area contributed by atoms with Crippen molar-refractivity contribution in [2.24, 2.45) is 0 Å². The fraction of sp³-hybridized carbons (Fsp3) is 0.0714. The van der Waals surface area contributed by atoms with Crippen LogP contribution >= 0.6 is 0 Å². The van der Waals surface area contributed by atoms with E-state index in [0.717, 1.165) is 22.3 Å². The van der Waals surface area contributed by atoms with Crippen molar-refractivity contribution < 1.29 is 22.0 Å². The summed E-state index contributed by atoms with van der Waals surface area (Å²) in [5.74, 6) is -1.81. The van der Waals surface area contributed by atoms with Crippen LogP contribution in [0.5, 0.6) is 0 Å². The number of aromatic nitrogens is 1. The molecule has 180 valence electrons. The quantitative estimate of drug-likeness (QED) is 0.225. The molecule has 0 spiro atoms. The Balaban J connectivity index is 1.89. The highest BCUT2D eigenvalue weighted by Crippen LogP contribution is 2.34. The Hall–Kier alpha value is -4.51. The normalized spacial score (nSPS) is 11.6. The number of pyridine rings is 1. The van der Waals surface area contributed by atoms with Gasteiger partial charge in [-0.25, -0.2) is 8.78 Å². The van der Waals surface area contributed by atoms with Crippen molar-refractivity contribution >= 4 is 12.2 Å². The summed E-state index contributed by atoms with van der Waals surface area (Å²) in [6.07, 6.45) is -1.39. The lowest BCUT2D eigenvalue weighted by Crippen LogP contribution is -2.29. The minimum atomic E-state index is -4.97. The van der Waals surface area contributed by atoms with Crippen LogP contribution in [-0.2, 0) is 12.7 Å². The number of nitrogens with zero attached hydrogens (tertiary/aromatic N) is 2. The topological polar surface area (TPSA) is 45.8 Å². The van der Waals surface area contributed by atoms with Crippen LogP contribution < -0.4 is 5.56 Å². The van der Waals surface area contributed by atoms with Crippen molar-refractivity contribution in [3.63, 3.8) is 0 Å². The largest absolute Gasteiger partial charge is 0.417 e. The van der Waals surface area contributed by atoms with Gasteiger partial charge in [-0.2, -0.15) is 18.4 Å². The van der Waals surface area contributed by atoms with Gasteiger partial charge in [-0.1, -0.05) is 66.7 Å². The highest BCUT2D eigenvalue weighted by molar-refractivity contribution is 5.73. The van der Waals surface area contributed by atoms with Gasteiger partial charge in [0.2, 0.25) is 0 Å². The van der Waals surface area contributed by atoms with Crippen molar-refractivity contribution in [1.82, 2.24) is 4.57 Å². The Bertz CT molecular complexity index is 1550. The van der Waals surface area contributed by atoms with Crippen LogP contribution in [0.3, 0.4) is 0 Å². The molecule has 0 fully saturated rings. The van der Waals surface area contributed by atoms with E-state index >= 15 is 0 Å². The zero-order chi connectivity index (χ0) is 25.9. The van der Waals surface area contributed by atoms with Gasteiger partial charge in [0.1, 0.15) is 23.3 Å². The second-order valence-corrected chi connectivity index (χ2v) is 7.92. The van der Waals surface area contributed by atoms with Gasteiger partial charge in [0, 0.05) is 11.6 Å². The third kappa shape index (κ3) is 5.26. The molecule has 0 saturated heterocycles. The first-order valence-electron chi connectivity index (χ1n) is 10.7. The summed E-state index contributed by atoms with van der Waals surface area (Å²) < 4.78 is 69.9. The Morgan fingerprint density at radius 2 is 1.56 bits per heavy atom. The molecule has 0 radical (unpaired) electrons. The minimum absolute atomic E-state index is 0.122. The molecule has 0 amide bonds. The molecule has 1 heterocycles. The molecule has 0 aliphatic heterocycles. The van der Waals surface area contributed by atoms with Crippen LogP contribution in [0.4, 0.5) is 22.0 Å². The van der Waals surface area contributed by atoms with Gasteiger partial charge in [0.15, 0.2) is 0 Å². The average molecular weight is 492 g/mol. The van der Waals surface area contributed by atoms with E-state index < -0.39 is 41.0 Å². The molecule has 0 atom stereocenters. The van der Waals surface area contributed by atoms with Crippen LogP contribution in [-0.4, -0.2) is 4.57 Å². The van der Waals surface area contributed by atoms with Crippen LogP contribution in [0, 0.1) is 23.0 Å². The van der Waals surface area contributed by atoms with Crippen molar-refractivity contribution in [2.45, 2.75) is 12.7 Å². The number of halogens is 5. The number of benzene rings is 3. The van der Waals surface area contributed by atoms with Gasteiger partial charge in [-0.15, -0.1) is 0 Å². The Kier molecular flexibility index (Phi) is 6.84. The van der Waals surface area contributed by atoms with Crippen LogP contribution in [0.1, 0.15) is 27.8 Å². The number of nitriles is 1. The maximum Gasteiger partial charge on any atom is 0.417 e. The smallest absolute Gasteiger partial charge is 0.303 e. The van der Waals surface area contributed by atoms with Crippen molar-refractivity contribution in [3.8, 4) is 17.3 Å². The summed E-state index contributed by atoms with van der Waals surface area (Å²) in [5, 5.41) is 9.33. The van der Waals surface area contributed by atoms with E-state index in [2.05, 4.69) is 0 Å². The number of rotatable bonds is 5. The Labute approximate surface area is 203 Å². The maximum absolute atomic E-state index is 14.4. The molecule has 1 aromatic heterocycles. The lowest BCUT2D eigenvalue weighted by atomic mass is 10.0. The van der Waals surface area contributed by atoms with E-state index in [4.69, 9.17) is 0 Å². The highest BCUT2D eigenvalue weighted by Gasteiger charge is 2.36. The first-order chi connectivity index (χ1) is 17.2.